The molecule has 2 aliphatic heterocycles. The molecule has 1 aromatic heterocycles. The Balaban J connectivity index is 1.32. The number of H-pyrrole nitrogens is 1. The van der Waals surface area contributed by atoms with Gasteiger partial charge in [0.15, 0.2) is 0 Å². The highest BCUT2D eigenvalue weighted by molar-refractivity contribution is 5.85. The maximum Gasteiger partial charge on any atom is 0.135 e. The summed E-state index contributed by atoms with van der Waals surface area (Å²) in [7, 11) is 0. The van der Waals surface area contributed by atoms with E-state index in [4.69, 9.17) is 4.74 Å². The van der Waals surface area contributed by atoms with E-state index < -0.39 is 17.7 Å². The maximum atomic E-state index is 15.9. The van der Waals surface area contributed by atoms with Gasteiger partial charge in [-0.1, -0.05) is 44.9 Å². The Kier molecular flexibility index (Phi) is 6.52. The van der Waals surface area contributed by atoms with Gasteiger partial charge in [0.25, 0.3) is 0 Å². The van der Waals surface area contributed by atoms with Crippen molar-refractivity contribution in [2.45, 2.75) is 65.0 Å². The topological polar surface area (TPSA) is 31.5 Å². The van der Waals surface area contributed by atoms with Gasteiger partial charge in [-0.25, -0.2) is 8.78 Å². The van der Waals surface area contributed by atoms with Gasteiger partial charge >= 0.3 is 0 Å². The molecule has 37 heavy (non-hydrogen) atoms. The van der Waals surface area contributed by atoms with Crippen molar-refractivity contribution in [3.63, 3.8) is 0 Å². The first-order chi connectivity index (χ1) is 17.8. The van der Waals surface area contributed by atoms with E-state index in [0.29, 0.717) is 6.61 Å². The lowest BCUT2D eigenvalue weighted by atomic mass is 9.69. The summed E-state index contributed by atoms with van der Waals surface area (Å²) < 4.78 is 37.5. The van der Waals surface area contributed by atoms with Gasteiger partial charge in [0, 0.05) is 66.5 Å². The number of nitrogens with one attached hydrogen (secondary N) is 1. The molecule has 0 amide bonds. The zero-order valence-electron chi connectivity index (χ0n) is 22.3. The number of para-hydroxylation sites is 1. The van der Waals surface area contributed by atoms with Gasteiger partial charge in [-0.05, 0) is 49.1 Å². The summed E-state index contributed by atoms with van der Waals surface area (Å²) in [4.78, 5) is 8.23. The Labute approximate surface area is 219 Å². The number of ether oxygens (including phenoxy) is 1. The Morgan fingerprint density at radius 3 is 2.51 bits per heavy atom. The first-order valence-electron chi connectivity index (χ1n) is 14.0. The van der Waals surface area contributed by atoms with Gasteiger partial charge in [0.2, 0.25) is 0 Å². The van der Waals surface area contributed by atoms with Crippen LogP contribution >= 0.6 is 0 Å². The maximum absolute atomic E-state index is 15.9. The van der Waals surface area contributed by atoms with E-state index in [0.717, 1.165) is 68.0 Å². The van der Waals surface area contributed by atoms with Crippen molar-refractivity contribution in [1.29, 1.82) is 0 Å². The number of aromatic amines is 1. The summed E-state index contributed by atoms with van der Waals surface area (Å²) >= 11 is 0. The molecule has 1 saturated carbocycles. The number of fused-ring (bicyclic) bond motifs is 3. The van der Waals surface area contributed by atoms with Crippen molar-refractivity contribution >= 4 is 10.9 Å². The van der Waals surface area contributed by atoms with Gasteiger partial charge in [0.1, 0.15) is 24.0 Å². The predicted octanol–water partition coefficient (Wildman–Crippen LogP) is 6.69. The van der Waals surface area contributed by atoms with Crippen LogP contribution in [0.2, 0.25) is 0 Å². The monoisotopic (exact) mass is 507 g/mol. The quantitative estimate of drug-likeness (QED) is 0.368. The number of rotatable bonds is 8. The zero-order valence-corrected chi connectivity index (χ0v) is 22.3. The number of hydrogen-bond donors (Lipinski definition) is 1. The smallest absolute Gasteiger partial charge is 0.135 e. The van der Waals surface area contributed by atoms with Crippen molar-refractivity contribution in [3.8, 4) is 5.75 Å². The van der Waals surface area contributed by atoms with Crippen LogP contribution in [-0.4, -0.2) is 53.6 Å². The molecule has 3 aliphatic rings. The van der Waals surface area contributed by atoms with E-state index >= 15 is 8.78 Å². The molecule has 198 valence electrons. The molecule has 0 bridgehead atoms. The molecule has 0 spiro atoms. The van der Waals surface area contributed by atoms with Crippen LogP contribution < -0.4 is 4.74 Å². The fourth-order valence-electron chi connectivity index (χ4n) is 6.76. The predicted molar refractivity (Wildman–Crippen MR) is 144 cm³/mol. The van der Waals surface area contributed by atoms with Crippen LogP contribution in [0.5, 0.6) is 5.75 Å². The molecular weight excluding hydrogens is 468 g/mol. The van der Waals surface area contributed by atoms with Crippen LogP contribution in [0.3, 0.4) is 0 Å². The lowest BCUT2D eigenvalue weighted by Crippen LogP contribution is -2.49. The second-order valence-electron chi connectivity index (χ2n) is 12.0. The van der Waals surface area contributed by atoms with Gasteiger partial charge in [-0.2, -0.15) is 0 Å². The highest BCUT2D eigenvalue weighted by Crippen LogP contribution is 2.48. The van der Waals surface area contributed by atoms with Crippen molar-refractivity contribution in [3.05, 3.63) is 64.9 Å². The van der Waals surface area contributed by atoms with Crippen LogP contribution in [0, 0.1) is 23.0 Å². The van der Waals surface area contributed by atoms with E-state index in [1.54, 1.807) is 0 Å². The molecule has 2 fully saturated rings. The second-order valence-corrected chi connectivity index (χ2v) is 12.0. The molecular formula is C31H39F2N3O. The molecule has 1 N–H and O–H groups in total. The molecule has 2 atom stereocenters. The second kappa shape index (κ2) is 9.70. The molecule has 1 saturated heterocycles. The molecule has 3 heterocycles. The van der Waals surface area contributed by atoms with Crippen LogP contribution in [-0.2, 0) is 6.42 Å². The normalized spacial score (nSPS) is 24.0. The zero-order chi connectivity index (χ0) is 25.7. The summed E-state index contributed by atoms with van der Waals surface area (Å²) in [5.41, 5.74) is 3.46. The molecule has 0 unspecified atom stereocenters. The summed E-state index contributed by atoms with van der Waals surface area (Å²) in [5.74, 6) is -0.0220. The van der Waals surface area contributed by atoms with Crippen LogP contribution in [0.1, 0.15) is 69.3 Å². The van der Waals surface area contributed by atoms with Crippen molar-refractivity contribution in [2.24, 2.45) is 11.3 Å². The number of likely N-dealkylation sites (tertiary alicyclic amines) is 1. The van der Waals surface area contributed by atoms with Gasteiger partial charge in [-0.3, -0.25) is 9.80 Å². The van der Waals surface area contributed by atoms with Crippen molar-refractivity contribution in [1.82, 2.24) is 14.8 Å². The third-order valence-electron chi connectivity index (χ3n) is 9.25. The standard InChI is InChI=1S/C31H39F2N3O/c1-4-21-17-35(18-21)12-13-37-22-15-25(32)28(26(33)16-22)30-29-24(23-8-5-6-9-27(23)34-29)14-20(2)36(30)19-31(3)10-7-11-31/h5-6,8-9,15-16,20-21,30,34H,4,7,10-14,17-19H2,1-3H3/t20-,30-/m1/s1. The lowest BCUT2D eigenvalue weighted by Gasteiger charge is -2.49. The van der Waals surface area contributed by atoms with E-state index in [1.165, 1.54) is 30.5 Å². The minimum absolute atomic E-state index is 0.128. The Hall–Kier alpha value is -2.44. The minimum Gasteiger partial charge on any atom is -0.492 e. The summed E-state index contributed by atoms with van der Waals surface area (Å²) in [6.45, 7) is 11.0. The largest absolute Gasteiger partial charge is 0.492 e. The minimum atomic E-state index is -0.530. The Morgan fingerprint density at radius 2 is 1.84 bits per heavy atom. The molecule has 3 aromatic rings. The molecule has 0 radical (unpaired) electrons. The Morgan fingerprint density at radius 1 is 1.11 bits per heavy atom. The van der Waals surface area contributed by atoms with Crippen molar-refractivity contribution < 1.29 is 13.5 Å². The highest BCUT2D eigenvalue weighted by atomic mass is 19.1. The molecule has 1 aliphatic carbocycles. The van der Waals surface area contributed by atoms with Crippen LogP contribution in [0.4, 0.5) is 8.78 Å². The fraction of sp³-hybridized carbons (Fsp3) is 0.548. The third kappa shape index (κ3) is 4.57. The number of hydrogen-bond acceptors (Lipinski definition) is 3. The highest BCUT2D eigenvalue weighted by Gasteiger charge is 2.43. The van der Waals surface area contributed by atoms with Crippen LogP contribution in [0.15, 0.2) is 36.4 Å². The third-order valence-corrected chi connectivity index (χ3v) is 9.25. The summed E-state index contributed by atoms with van der Waals surface area (Å²) in [6.07, 6.45) is 5.62. The first-order valence-corrected chi connectivity index (χ1v) is 14.0. The van der Waals surface area contributed by atoms with Crippen molar-refractivity contribution in [2.75, 3.05) is 32.8 Å². The number of aromatic nitrogens is 1. The molecule has 6 heteroatoms. The average Bonchev–Trinajstić information content (AvgIpc) is 3.19. The first kappa shape index (κ1) is 24.9. The van der Waals surface area contributed by atoms with Gasteiger partial charge in [-0.15, -0.1) is 0 Å². The van der Waals surface area contributed by atoms with E-state index in [-0.39, 0.29) is 22.8 Å². The number of halogens is 2. The van der Waals surface area contributed by atoms with Gasteiger partial charge in [0.05, 0.1) is 6.04 Å². The summed E-state index contributed by atoms with van der Waals surface area (Å²) in [6, 6.07) is 10.7. The number of nitrogens with zero attached hydrogens (tertiary/aromatic N) is 2. The fourth-order valence-corrected chi connectivity index (χ4v) is 6.76. The van der Waals surface area contributed by atoms with E-state index in [1.807, 2.05) is 12.1 Å². The van der Waals surface area contributed by atoms with Gasteiger partial charge < -0.3 is 9.72 Å². The SMILES string of the molecule is CCC1CN(CCOc2cc(F)c([C@@H]3c4[nH]c5ccccc5c4C[C@@H](C)N3CC3(C)CCC3)c(F)c2)C1. The molecule has 6 rings (SSSR count). The Bertz CT molecular complexity index is 1250. The molecule has 4 nitrogen and oxygen atoms in total. The average molecular weight is 508 g/mol. The van der Waals surface area contributed by atoms with E-state index in [2.05, 4.69) is 47.7 Å². The number of benzene rings is 2. The van der Waals surface area contributed by atoms with Crippen LogP contribution in [0.25, 0.3) is 10.9 Å². The van der Waals surface area contributed by atoms with E-state index in [9.17, 15) is 0 Å². The molecule has 2 aromatic carbocycles. The summed E-state index contributed by atoms with van der Waals surface area (Å²) in [5, 5.41) is 1.15. The lowest BCUT2D eigenvalue weighted by molar-refractivity contribution is 0.0362.